The quantitative estimate of drug-likeness (QED) is 0.859. The number of hydrogen-bond donors (Lipinski definition) is 2. The first kappa shape index (κ1) is 13.7. The van der Waals surface area contributed by atoms with Crippen molar-refractivity contribution in [2.45, 2.75) is 18.4 Å². The molecular weight excluding hydrogens is 292 g/mol. The number of carbonyl (C=O) groups is 1. The lowest BCUT2D eigenvalue weighted by Crippen LogP contribution is -2.23. The SMILES string of the molecule is Cc1oc(C(=O)O)cc1S(=O)(=O)NCc1nccs1. The third kappa shape index (κ3) is 3.00. The summed E-state index contributed by atoms with van der Waals surface area (Å²) in [6.45, 7) is 1.44. The fraction of sp³-hybridized carbons (Fsp3) is 0.200. The molecule has 0 amide bonds. The van der Waals surface area contributed by atoms with Crippen LogP contribution < -0.4 is 4.72 Å². The Morgan fingerprint density at radius 2 is 2.32 bits per heavy atom. The van der Waals surface area contributed by atoms with Crippen molar-refractivity contribution in [2.24, 2.45) is 0 Å². The molecule has 0 aliphatic carbocycles. The molecule has 2 N–H and O–H groups in total. The number of hydrogen-bond acceptors (Lipinski definition) is 6. The summed E-state index contributed by atoms with van der Waals surface area (Å²) in [4.78, 5) is 14.5. The van der Waals surface area contributed by atoms with Gasteiger partial charge in [-0.05, 0) is 6.92 Å². The van der Waals surface area contributed by atoms with Crippen LogP contribution in [0.1, 0.15) is 21.3 Å². The molecule has 2 rings (SSSR count). The van der Waals surface area contributed by atoms with Gasteiger partial charge in [0.15, 0.2) is 0 Å². The van der Waals surface area contributed by atoms with Crippen molar-refractivity contribution in [1.82, 2.24) is 9.71 Å². The van der Waals surface area contributed by atoms with E-state index in [9.17, 15) is 13.2 Å². The normalized spacial score (nSPS) is 11.6. The molecular formula is C10H10N2O5S2. The molecule has 0 unspecified atom stereocenters. The lowest BCUT2D eigenvalue weighted by atomic mass is 10.4. The van der Waals surface area contributed by atoms with Gasteiger partial charge in [0.1, 0.15) is 15.7 Å². The highest BCUT2D eigenvalue weighted by molar-refractivity contribution is 7.89. The summed E-state index contributed by atoms with van der Waals surface area (Å²) in [5, 5.41) is 11.1. The standard InChI is InChI=1S/C10H10N2O5S2/c1-6-8(4-7(17-6)10(13)14)19(15,16)12-5-9-11-2-3-18-9/h2-4,12H,5H2,1H3,(H,13,14). The van der Waals surface area contributed by atoms with E-state index < -0.39 is 21.8 Å². The molecule has 0 saturated heterocycles. The number of thiazole rings is 1. The average Bonchev–Trinajstić information content (AvgIpc) is 2.95. The number of aryl methyl sites for hydroxylation is 1. The van der Waals surface area contributed by atoms with E-state index in [1.54, 1.807) is 11.6 Å². The molecule has 0 aliphatic rings. The van der Waals surface area contributed by atoms with Crippen LogP contribution in [0, 0.1) is 6.92 Å². The smallest absolute Gasteiger partial charge is 0.371 e. The minimum Gasteiger partial charge on any atom is -0.475 e. The summed E-state index contributed by atoms with van der Waals surface area (Å²) in [6.07, 6.45) is 1.57. The fourth-order valence-electron chi connectivity index (χ4n) is 1.41. The highest BCUT2D eigenvalue weighted by Gasteiger charge is 2.23. The fourth-order valence-corrected chi connectivity index (χ4v) is 3.22. The molecule has 2 heterocycles. The molecule has 0 aromatic carbocycles. The summed E-state index contributed by atoms with van der Waals surface area (Å²) in [6, 6.07) is 0.988. The Morgan fingerprint density at radius 3 is 2.84 bits per heavy atom. The number of nitrogens with one attached hydrogen (secondary N) is 1. The summed E-state index contributed by atoms with van der Waals surface area (Å²) < 4.78 is 31.2. The molecule has 102 valence electrons. The van der Waals surface area contributed by atoms with Crippen molar-refractivity contribution in [3.63, 3.8) is 0 Å². The molecule has 7 nitrogen and oxygen atoms in total. The van der Waals surface area contributed by atoms with Gasteiger partial charge in [-0.2, -0.15) is 0 Å². The first-order chi connectivity index (χ1) is 8.90. The highest BCUT2D eigenvalue weighted by Crippen LogP contribution is 2.20. The third-order valence-corrected chi connectivity index (χ3v) is 4.56. The van der Waals surface area contributed by atoms with Gasteiger partial charge in [0.2, 0.25) is 15.8 Å². The number of rotatable bonds is 5. The van der Waals surface area contributed by atoms with Crippen molar-refractivity contribution >= 4 is 27.3 Å². The predicted octanol–water partition coefficient (Wildman–Crippen LogP) is 1.22. The topological polar surface area (TPSA) is 109 Å². The molecule has 0 saturated carbocycles. The van der Waals surface area contributed by atoms with Gasteiger partial charge in [0.05, 0.1) is 6.54 Å². The first-order valence-electron chi connectivity index (χ1n) is 5.12. The van der Waals surface area contributed by atoms with E-state index in [0.29, 0.717) is 5.01 Å². The van der Waals surface area contributed by atoms with Crippen LogP contribution in [0.4, 0.5) is 0 Å². The number of carboxylic acids is 1. The molecule has 0 bridgehead atoms. The largest absolute Gasteiger partial charge is 0.475 e. The van der Waals surface area contributed by atoms with Crippen LogP contribution in [0.2, 0.25) is 0 Å². The van der Waals surface area contributed by atoms with Crippen molar-refractivity contribution in [1.29, 1.82) is 0 Å². The van der Waals surface area contributed by atoms with Crippen LogP contribution in [0.5, 0.6) is 0 Å². The first-order valence-corrected chi connectivity index (χ1v) is 7.48. The molecule has 0 fully saturated rings. The van der Waals surface area contributed by atoms with Gasteiger partial charge in [0.25, 0.3) is 0 Å². The van der Waals surface area contributed by atoms with Gasteiger partial charge in [-0.1, -0.05) is 0 Å². The average molecular weight is 302 g/mol. The lowest BCUT2D eigenvalue weighted by Gasteiger charge is -2.03. The molecule has 2 aromatic rings. The Balaban J connectivity index is 2.22. The Morgan fingerprint density at radius 1 is 1.58 bits per heavy atom. The molecule has 0 spiro atoms. The molecule has 0 aliphatic heterocycles. The molecule has 9 heteroatoms. The second-order valence-electron chi connectivity index (χ2n) is 3.59. The maximum Gasteiger partial charge on any atom is 0.371 e. The monoisotopic (exact) mass is 302 g/mol. The Labute approximate surface area is 113 Å². The second-order valence-corrected chi connectivity index (χ2v) is 6.30. The lowest BCUT2D eigenvalue weighted by molar-refractivity contribution is 0.0661. The maximum atomic E-state index is 12.0. The van der Waals surface area contributed by atoms with Crippen LogP contribution >= 0.6 is 11.3 Å². The van der Waals surface area contributed by atoms with E-state index in [4.69, 9.17) is 9.52 Å². The van der Waals surface area contributed by atoms with Gasteiger partial charge in [0, 0.05) is 17.6 Å². The molecule has 19 heavy (non-hydrogen) atoms. The van der Waals surface area contributed by atoms with Crippen LogP contribution in [0.25, 0.3) is 0 Å². The van der Waals surface area contributed by atoms with Crippen molar-refractivity contribution in [3.05, 3.63) is 34.2 Å². The molecule has 0 atom stereocenters. The van der Waals surface area contributed by atoms with Crippen LogP contribution in [-0.4, -0.2) is 24.5 Å². The highest BCUT2D eigenvalue weighted by atomic mass is 32.2. The zero-order valence-corrected chi connectivity index (χ0v) is 11.4. The summed E-state index contributed by atoms with van der Waals surface area (Å²) in [5.74, 6) is -1.69. The minimum atomic E-state index is -3.82. The van der Waals surface area contributed by atoms with E-state index in [0.717, 1.165) is 6.07 Å². The third-order valence-electron chi connectivity index (χ3n) is 2.27. The van der Waals surface area contributed by atoms with Crippen LogP contribution in [0.3, 0.4) is 0 Å². The zero-order chi connectivity index (χ0) is 14.0. The minimum absolute atomic E-state index is 0.0315. The Kier molecular flexibility index (Phi) is 3.69. The maximum absolute atomic E-state index is 12.0. The van der Waals surface area contributed by atoms with Gasteiger partial charge >= 0.3 is 5.97 Å². The summed E-state index contributed by atoms with van der Waals surface area (Å²) in [7, 11) is -3.82. The number of furan rings is 1. The van der Waals surface area contributed by atoms with E-state index in [1.807, 2.05) is 0 Å². The molecule has 2 aromatic heterocycles. The van der Waals surface area contributed by atoms with E-state index in [-0.39, 0.29) is 17.2 Å². The van der Waals surface area contributed by atoms with Crippen molar-refractivity contribution < 1.29 is 22.7 Å². The van der Waals surface area contributed by atoms with Crippen molar-refractivity contribution in [2.75, 3.05) is 0 Å². The predicted molar refractivity (Wildman–Crippen MR) is 66.5 cm³/mol. The van der Waals surface area contributed by atoms with Gasteiger partial charge in [-0.3, -0.25) is 0 Å². The number of sulfonamides is 1. The van der Waals surface area contributed by atoms with Crippen LogP contribution in [-0.2, 0) is 16.6 Å². The van der Waals surface area contributed by atoms with Gasteiger partial charge in [-0.15, -0.1) is 11.3 Å². The number of aromatic nitrogens is 1. The summed E-state index contributed by atoms with van der Waals surface area (Å²) in [5.41, 5.74) is 0. The molecule has 0 radical (unpaired) electrons. The van der Waals surface area contributed by atoms with Crippen LogP contribution in [0.15, 0.2) is 27.0 Å². The Hall–Kier alpha value is -1.71. The number of carboxylic acid groups (broad SMARTS) is 1. The zero-order valence-electron chi connectivity index (χ0n) is 9.78. The number of nitrogens with zero attached hydrogens (tertiary/aromatic N) is 1. The summed E-state index contributed by atoms with van der Waals surface area (Å²) >= 11 is 1.32. The van der Waals surface area contributed by atoms with Gasteiger partial charge in [-0.25, -0.2) is 22.9 Å². The van der Waals surface area contributed by atoms with Crippen molar-refractivity contribution in [3.8, 4) is 0 Å². The van der Waals surface area contributed by atoms with E-state index in [1.165, 1.54) is 18.3 Å². The van der Waals surface area contributed by atoms with E-state index >= 15 is 0 Å². The Bertz CT molecular complexity index is 688. The number of aromatic carboxylic acids is 1. The van der Waals surface area contributed by atoms with Gasteiger partial charge < -0.3 is 9.52 Å². The van der Waals surface area contributed by atoms with E-state index in [2.05, 4.69) is 9.71 Å². The second kappa shape index (κ2) is 5.11.